The van der Waals surface area contributed by atoms with Crippen molar-refractivity contribution in [3.8, 4) is 0 Å². The van der Waals surface area contributed by atoms with Gasteiger partial charge >= 0.3 is 0 Å². The van der Waals surface area contributed by atoms with E-state index in [1.807, 2.05) is 25.1 Å². The maximum absolute atomic E-state index is 5.53. The first kappa shape index (κ1) is 10.8. The van der Waals surface area contributed by atoms with Crippen LogP contribution in [0.2, 0.25) is 0 Å². The Balaban J connectivity index is 2.02. The molecule has 0 aliphatic rings. The molecule has 88 valence electrons. The predicted molar refractivity (Wildman–Crippen MR) is 76.3 cm³/mol. The number of aryl methyl sites for hydroxylation is 1. The zero-order valence-electron chi connectivity index (χ0n) is 10.3. The molecule has 0 radical (unpaired) electrons. The lowest BCUT2D eigenvalue weighted by atomic mass is 10.0. The summed E-state index contributed by atoms with van der Waals surface area (Å²) in [6.07, 6.45) is 4.11. The monoisotopic (exact) mass is 234 g/mol. The summed E-state index contributed by atoms with van der Waals surface area (Å²) >= 11 is 0. The quantitative estimate of drug-likeness (QED) is 0.614. The number of benzene rings is 2. The van der Waals surface area contributed by atoms with E-state index in [0.717, 1.165) is 11.5 Å². The molecular weight excluding hydrogens is 220 g/mol. The van der Waals surface area contributed by atoms with E-state index < -0.39 is 0 Å². The molecule has 1 heterocycles. The van der Waals surface area contributed by atoms with Gasteiger partial charge in [-0.3, -0.25) is 0 Å². The summed E-state index contributed by atoms with van der Waals surface area (Å²) < 4.78 is 5.53. The van der Waals surface area contributed by atoms with Crippen LogP contribution in [0.15, 0.2) is 59.0 Å². The lowest BCUT2D eigenvalue weighted by molar-refractivity contribution is 0.525. The number of rotatable bonds is 2. The van der Waals surface area contributed by atoms with E-state index in [1.165, 1.54) is 16.3 Å². The van der Waals surface area contributed by atoms with Crippen LogP contribution in [0.5, 0.6) is 0 Å². The van der Waals surface area contributed by atoms with Crippen LogP contribution in [0.1, 0.15) is 17.1 Å². The van der Waals surface area contributed by atoms with Crippen LogP contribution in [0.25, 0.3) is 22.9 Å². The smallest absolute Gasteiger partial charge is 0.127 e. The average Bonchev–Trinajstić information content (AvgIpc) is 2.82. The maximum Gasteiger partial charge on any atom is 0.127 e. The van der Waals surface area contributed by atoms with Gasteiger partial charge in [0.2, 0.25) is 0 Å². The fraction of sp³-hybridized carbons (Fsp3) is 0.0588. The van der Waals surface area contributed by atoms with E-state index in [1.54, 1.807) is 0 Å². The van der Waals surface area contributed by atoms with Crippen molar-refractivity contribution < 1.29 is 4.42 Å². The molecule has 0 fully saturated rings. The third kappa shape index (κ3) is 2.07. The summed E-state index contributed by atoms with van der Waals surface area (Å²) in [5.74, 6) is 1.83. The molecule has 0 amide bonds. The van der Waals surface area contributed by atoms with Crippen molar-refractivity contribution in [3.63, 3.8) is 0 Å². The van der Waals surface area contributed by atoms with E-state index in [0.29, 0.717) is 0 Å². The molecule has 1 heteroatoms. The topological polar surface area (TPSA) is 13.1 Å². The molecular formula is C17H14O. The number of hydrogen-bond donors (Lipinski definition) is 0. The van der Waals surface area contributed by atoms with E-state index in [4.69, 9.17) is 4.42 Å². The molecule has 3 aromatic rings. The second-order valence-corrected chi connectivity index (χ2v) is 4.35. The molecule has 0 spiro atoms. The fourth-order valence-electron chi connectivity index (χ4n) is 2.11. The van der Waals surface area contributed by atoms with Crippen LogP contribution in [0, 0.1) is 6.92 Å². The molecule has 3 rings (SSSR count). The Hall–Kier alpha value is -2.28. The standard InChI is InChI=1S/C17H14O/c1-13-9-11-16(18-13)12-10-15-7-4-6-14-5-2-3-8-17(14)15/h2-12H,1H3/b12-10+. The normalized spacial score (nSPS) is 11.4. The summed E-state index contributed by atoms with van der Waals surface area (Å²) in [6, 6.07) is 18.7. The van der Waals surface area contributed by atoms with Crippen LogP contribution in [-0.2, 0) is 0 Å². The van der Waals surface area contributed by atoms with Crippen LogP contribution < -0.4 is 0 Å². The minimum Gasteiger partial charge on any atom is -0.462 e. The Bertz CT molecular complexity index is 699. The summed E-state index contributed by atoms with van der Waals surface area (Å²) in [5, 5.41) is 2.52. The van der Waals surface area contributed by atoms with E-state index in [-0.39, 0.29) is 0 Å². The van der Waals surface area contributed by atoms with Gasteiger partial charge in [-0.05, 0) is 41.5 Å². The van der Waals surface area contributed by atoms with Gasteiger partial charge in [-0.15, -0.1) is 0 Å². The molecule has 1 aromatic heterocycles. The van der Waals surface area contributed by atoms with E-state index in [2.05, 4.69) is 48.5 Å². The lowest BCUT2D eigenvalue weighted by Crippen LogP contribution is -1.77. The highest BCUT2D eigenvalue weighted by Crippen LogP contribution is 2.20. The van der Waals surface area contributed by atoms with Crippen molar-refractivity contribution >= 4 is 22.9 Å². The minimum atomic E-state index is 0.889. The zero-order valence-corrected chi connectivity index (χ0v) is 10.3. The highest BCUT2D eigenvalue weighted by molar-refractivity contribution is 5.92. The zero-order chi connectivity index (χ0) is 12.4. The van der Waals surface area contributed by atoms with Gasteiger partial charge in [-0.1, -0.05) is 48.5 Å². The molecule has 2 aromatic carbocycles. The SMILES string of the molecule is Cc1ccc(/C=C/c2cccc3ccccc23)o1. The van der Waals surface area contributed by atoms with Gasteiger partial charge < -0.3 is 4.42 Å². The van der Waals surface area contributed by atoms with Crippen molar-refractivity contribution in [2.24, 2.45) is 0 Å². The fourth-order valence-corrected chi connectivity index (χ4v) is 2.11. The van der Waals surface area contributed by atoms with Gasteiger partial charge in [0.1, 0.15) is 11.5 Å². The van der Waals surface area contributed by atoms with Gasteiger partial charge in [0.15, 0.2) is 0 Å². The highest BCUT2D eigenvalue weighted by Gasteiger charge is 1.97. The van der Waals surface area contributed by atoms with E-state index >= 15 is 0 Å². The first-order valence-electron chi connectivity index (χ1n) is 6.05. The first-order chi connectivity index (χ1) is 8.83. The second kappa shape index (κ2) is 4.53. The molecule has 0 unspecified atom stereocenters. The van der Waals surface area contributed by atoms with Crippen molar-refractivity contribution in [1.82, 2.24) is 0 Å². The molecule has 0 aliphatic carbocycles. The Morgan fingerprint density at radius 1 is 0.833 bits per heavy atom. The average molecular weight is 234 g/mol. The number of fused-ring (bicyclic) bond motifs is 1. The summed E-state index contributed by atoms with van der Waals surface area (Å²) in [6.45, 7) is 1.95. The number of hydrogen-bond acceptors (Lipinski definition) is 1. The maximum atomic E-state index is 5.53. The molecule has 0 N–H and O–H groups in total. The van der Waals surface area contributed by atoms with Gasteiger partial charge in [0.25, 0.3) is 0 Å². The van der Waals surface area contributed by atoms with Gasteiger partial charge in [-0.25, -0.2) is 0 Å². The predicted octanol–water partition coefficient (Wildman–Crippen LogP) is 4.91. The molecule has 0 bridgehead atoms. The third-order valence-corrected chi connectivity index (χ3v) is 3.01. The Kier molecular flexibility index (Phi) is 2.73. The Morgan fingerprint density at radius 3 is 2.50 bits per heavy atom. The summed E-state index contributed by atoms with van der Waals surface area (Å²) in [4.78, 5) is 0. The second-order valence-electron chi connectivity index (χ2n) is 4.35. The van der Waals surface area contributed by atoms with Gasteiger partial charge in [0.05, 0.1) is 0 Å². The Labute approximate surface area is 106 Å². The first-order valence-corrected chi connectivity index (χ1v) is 6.05. The van der Waals surface area contributed by atoms with Crippen LogP contribution in [0.3, 0.4) is 0 Å². The molecule has 0 saturated carbocycles. The van der Waals surface area contributed by atoms with Crippen molar-refractivity contribution in [2.75, 3.05) is 0 Å². The number of furan rings is 1. The van der Waals surface area contributed by atoms with Gasteiger partial charge in [0, 0.05) is 0 Å². The minimum absolute atomic E-state index is 0.889. The molecule has 18 heavy (non-hydrogen) atoms. The van der Waals surface area contributed by atoms with Crippen molar-refractivity contribution in [3.05, 3.63) is 71.7 Å². The van der Waals surface area contributed by atoms with Crippen molar-refractivity contribution in [2.45, 2.75) is 6.92 Å². The third-order valence-electron chi connectivity index (χ3n) is 3.01. The molecule has 1 nitrogen and oxygen atoms in total. The van der Waals surface area contributed by atoms with Crippen LogP contribution in [0.4, 0.5) is 0 Å². The van der Waals surface area contributed by atoms with E-state index in [9.17, 15) is 0 Å². The van der Waals surface area contributed by atoms with Gasteiger partial charge in [-0.2, -0.15) is 0 Å². The van der Waals surface area contributed by atoms with Crippen LogP contribution in [-0.4, -0.2) is 0 Å². The summed E-state index contributed by atoms with van der Waals surface area (Å²) in [7, 11) is 0. The van der Waals surface area contributed by atoms with Crippen molar-refractivity contribution in [1.29, 1.82) is 0 Å². The molecule has 0 aliphatic heterocycles. The summed E-state index contributed by atoms with van der Waals surface area (Å²) in [5.41, 5.74) is 1.21. The molecule has 0 saturated heterocycles. The largest absolute Gasteiger partial charge is 0.462 e. The lowest BCUT2D eigenvalue weighted by Gasteiger charge is -2.01. The Morgan fingerprint density at radius 2 is 1.67 bits per heavy atom. The highest BCUT2D eigenvalue weighted by atomic mass is 16.3. The molecule has 0 atom stereocenters. The van der Waals surface area contributed by atoms with Crippen LogP contribution >= 0.6 is 0 Å².